The van der Waals surface area contributed by atoms with E-state index in [2.05, 4.69) is 72.8 Å². The molecule has 70 heavy (non-hydrogen) atoms. The molecule has 5 aliphatic rings. The summed E-state index contributed by atoms with van der Waals surface area (Å²) in [6, 6.07) is 31.1. The van der Waals surface area contributed by atoms with E-state index in [1.807, 2.05) is 13.0 Å². The minimum Gasteiger partial charge on any atom is -0.483 e. The Kier molecular flexibility index (Phi) is 15.4. The standard InChI is InChI=1S/C58H66O12/c1-35(31-60)45-21-17-36-15-18-39(19-16-36)46-22-20-41(40-12-8-11-38(28-40)27-37-9-4-3-5-10-37)29-43(46)30-50(63)67-54-52-49(70-58(2,44-13-6-7-14-44)55(54)69-56(45)64)24-23-47-48(32-61)51(57(65)68-53(47)52)42(25-26-59)33-66-34-62/h3-5,8-12,15-16,18-19,23-24,28,41-44,46,54-55,59-62H,6-7,13-14,17,20-22,25-27,29-34H2,1-2H3. The fourth-order valence-corrected chi connectivity index (χ4v) is 12.2. The zero-order valence-electron chi connectivity index (χ0n) is 40.3. The van der Waals surface area contributed by atoms with E-state index in [1.54, 1.807) is 19.1 Å². The van der Waals surface area contributed by atoms with Crippen LogP contribution in [0, 0.1) is 11.8 Å². The van der Waals surface area contributed by atoms with E-state index in [0.29, 0.717) is 28.7 Å². The second kappa shape index (κ2) is 21.8. The molecule has 0 saturated heterocycles. The van der Waals surface area contributed by atoms with Crippen molar-refractivity contribution in [2.24, 2.45) is 11.8 Å². The van der Waals surface area contributed by atoms with Crippen LogP contribution in [0.3, 0.4) is 0 Å². The zero-order chi connectivity index (χ0) is 48.9. The zero-order valence-corrected chi connectivity index (χ0v) is 40.3. The summed E-state index contributed by atoms with van der Waals surface area (Å²) in [5.74, 6) is -1.60. The van der Waals surface area contributed by atoms with Crippen molar-refractivity contribution in [2.75, 3.05) is 26.6 Å². The van der Waals surface area contributed by atoms with Gasteiger partial charge in [0.1, 0.15) is 23.7 Å². The molecule has 0 spiro atoms. The van der Waals surface area contributed by atoms with Gasteiger partial charge in [-0.3, -0.25) is 4.79 Å². The summed E-state index contributed by atoms with van der Waals surface area (Å²) in [7, 11) is 0. The highest BCUT2D eigenvalue weighted by atomic mass is 16.6. The number of hydrogen-bond donors (Lipinski definition) is 4. The Balaban J connectivity index is 1.17. The van der Waals surface area contributed by atoms with Gasteiger partial charge in [0.2, 0.25) is 0 Å². The topological polar surface area (TPSA) is 182 Å². The predicted octanol–water partition coefficient (Wildman–Crippen LogP) is 9.16. The highest BCUT2D eigenvalue weighted by molar-refractivity contribution is 5.90. The van der Waals surface area contributed by atoms with Gasteiger partial charge in [-0.15, -0.1) is 0 Å². The van der Waals surface area contributed by atoms with E-state index in [9.17, 15) is 30.0 Å². The second-order valence-corrected chi connectivity index (χ2v) is 20.2. The largest absolute Gasteiger partial charge is 0.483 e. The quantitative estimate of drug-likeness (QED) is 0.0404. The van der Waals surface area contributed by atoms with Crippen LogP contribution >= 0.6 is 0 Å². The van der Waals surface area contributed by atoms with Gasteiger partial charge in [0.05, 0.1) is 25.4 Å². The summed E-state index contributed by atoms with van der Waals surface area (Å²) in [5.41, 5.74) is 5.16. The first kappa shape index (κ1) is 49.4. The molecule has 0 amide bonds. The Morgan fingerprint density at radius 3 is 2.33 bits per heavy atom. The third-order valence-electron chi connectivity index (χ3n) is 15.9. The van der Waals surface area contributed by atoms with Crippen LogP contribution in [0.2, 0.25) is 0 Å². The lowest BCUT2D eigenvalue weighted by atomic mass is 9.68. The molecule has 4 N–H and O–H groups in total. The Bertz CT molecular complexity index is 2740. The van der Waals surface area contributed by atoms with Crippen molar-refractivity contribution in [1.29, 1.82) is 0 Å². The molecule has 10 rings (SSSR count). The van der Waals surface area contributed by atoms with Gasteiger partial charge in [0.25, 0.3) is 0 Å². The van der Waals surface area contributed by atoms with Gasteiger partial charge in [-0.2, -0.15) is 0 Å². The van der Waals surface area contributed by atoms with E-state index in [1.165, 1.54) is 16.7 Å². The number of aliphatic hydroxyl groups is 4. The number of fused-ring (bicyclic) bond motifs is 11. The first-order valence-electron chi connectivity index (χ1n) is 25.2. The molecule has 2 aliphatic carbocycles. The van der Waals surface area contributed by atoms with Gasteiger partial charge < -0.3 is 43.8 Å². The molecule has 4 heterocycles. The molecule has 1 aromatic heterocycles. The minimum atomic E-state index is -1.32. The van der Waals surface area contributed by atoms with E-state index < -0.39 is 54.7 Å². The van der Waals surface area contributed by atoms with Gasteiger partial charge in [-0.25, -0.2) is 9.59 Å². The number of carbonyl (C=O) groups excluding carboxylic acids is 2. The number of benzene rings is 4. The molecule has 5 aromatic rings. The summed E-state index contributed by atoms with van der Waals surface area (Å²) < 4.78 is 32.1. The fourth-order valence-electron chi connectivity index (χ4n) is 12.2. The van der Waals surface area contributed by atoms with E-state index in [0.717, 1.165) is 62.5 Å². The van der Waals surface area contributed by atoms with Gasteiger partial charge in [0, 0.05) is 41.4 Å². The molecule has 7 atom stereocenters. The molecular formula is C58H66O12. The molecule has 2 fully saturated rings. The monoisotopic (exact) mass is 954 g/mol. The number of carbonyl (C=O) groups is 2. The number of hydrogen-bond acceptors (Lipinski definition) is 12. The molecule has 0 radical (unpaired) electrons. The molecule has 370 valence electrons. The molecule has 3 aliphatic heterocycles. The maximum absolute atomic E-state index is 15.2. The Hall–Kier alpha value is -5.63. The van der Waals surface area contributed by atoms with E-state index in [-0.39, 0.29) is 85.0 Å². The number of aryl methyl sites for hydroxylation is 1. The summed E-state index contributed by atoms with van der Waals surface area (Å²) >= 11 is 0. The molecule has 12 heteroatoms. The van der Waals surface area contributed by atoms with Crippen molar-refractivity contribution in [1.82, 2.24) is 0 Å². The molecule has 2 saturated carbocycles. The lowest BCUT2D eigenvalue weighted by Gasteiger charge is -2.48. The smallest absolute Gasteiger partial charge is 0.340 e. The van der Waals surface area contributed by atoms with Crippen molar-refractivity contribution in [3.05, 3.63) is 157 Å². The summed E-state index contributed by atoms with van der Waals surface area (Å²) in [5, 5.41) is 41.3. The SMILES string of the molecule is CC(CO)=C1CCc2ccc(cc2)C2CCC(c3cccc(Cc4ccccc4)c3)CC2CC(=O)OC2c3c(ccc4c(CO)c(C(CCO)COCO)c(=O)oc34)OC(C)(C3CCCC3)C2OC1=O. The Morgan fingerprint density at radius 1 is 0.829 bits per heavy atom. The van der Waals surface area contributed by atoms with Gasteiger partial charge in [-0.1, -0.05) is 91.7 Å². The predicted molar refractivity (Wildman–Crippen MR) is 263 cm³/mol. The lowest BCUT2D eigenvalue weighted by molar-refractivity contribution is -0.199. The van der Waals surface area contributed by atoms with Gasteiger partial charge in [0.15, 0.2) is 12.2 Å². The van der Waals surface area contributed by atoms with Crippen LogP contribution in [-0.2, 0) is 43.2 Å². The average molecular weight is 955 g/mol. The molecular weight excluding hydrogens is 889 g/mol. The number of ether oxygens (including phenoxy) is 4. The maximum atomic E-state index is 15.2. The first-order valence-corrected chi connectivity index (χ1v) is 25.2. The average Bonchev–Trinajstić information content (AvgIpc) is 3.93. The van der Waals surface area contributed by atoms with Crippen molar-refractivity contribution in [2.45, 2.75) is 133 Å². The van der Waals surface area contributed by atoms with Crippen LogP contribution in [0.1, 0.15) is 146 Å². The number of rotatable bonds is 12. The van der Waals surface area contributed by atoms with Crippen LogP contribution in [-0.4, -0.2) is 70.7 Å². The summed E-state index contributed by atoms with van der Waals surface area (Å²) in [4.78, 5) is 44.3. The fraction of sp³-hybridized carbons (Fsp3) is 0.466. The maximum Gasteiger partial charge on any atom is 0.340 e. The van der Waals surface area contributed by atoms with Gasteiger partial charge >= 0.3 is 17.6 Å². The van der Waals surface area contributed by atoms with E-state index >= 15 is 4.79 Å². The third kappa shape index (κ3) is 10.1. The van der Waals surface area contributed by atoms with Crippen LogP contribution < -0.4 is 10.4 Å². The lowest BCUT2D eigenvalue weighted by Crippen LogP contribution is -2.58. The van der Waals surface area contributed by atoms with Crippen molar-refractivity contribution < 1.29 is 53.4 Å². The van der Waals surface area contributed by atoms with Crippen molar-refractivity contribution in [3.8, 4) is 5.75 Å². The summed E-state index contributed by atoms with van der Waals surface area (Å²) in [6.45, 7) is 1.62. The molecule has 12 nitrogen and oxygen atoms in total. The van der Waals surface area contributed by atoms with Gasteiger partial charge in [-0.05, 0) is 140 Å². The van der Waals surface area contributed by atoms with Crippen LogP contribution in [0.5, 0.6) is 5.75 Å². The number of esters is 2. The molecule has 4 aromatic carbocycles. The van der Waals surface area contributed by atoms with Crippen LogP contribution in [0.4, 0.5) is 0 Å². The number of aliphatic hydroxyl groups excluding tert-OH is 4. The second-order valence-electron chi connectivity index (χ2n) is 20.2. The van der Waals surface area contributed by atoms with Crippen molar-refractivity contribution >= 4 is 22.9 Å². The normalized spacial score (nSPS) is 25.3. The Labute approximate surface area is 409 Å². The molecule has 2 bridgehead atoms. The minimum absolute atomic E-state index is 0.00989. The Morgan fingerprint density at radius 2 is 1.60 bits per heavy atom. The third-order valence-corrected chi connectivity index (χ3v) is 15.9. The van der Waals surface area contributed by atoms with Crippen LogP contribution in [0.25, 0.3) is 11.0 Å². The highest BCUT2D eigenvalue weighted by Gasteiger charge is 2.57. The summed E-state index contributed by atoms with van der Waals surface area (Å²) in [6.07, 6.45) is 5.15. The van der Waals surface area contributed by atoms with E-state index in [4.69, 9.17) is 23.4 Å². The van der Waals surface area contributed by atoms with Crippen LogP contribution in [0.15, 0.2) is 111 Å². The highest BCUT2D eigenvalue weighted by Crippen LogP contribution is 2.53. The first-order chi connectivity index (χ1) is 34.0. The van der Waals surface area contributed by atoms with Crippen molar-refractivity contribution in [3.63, 3.8) is 0 Å². The molecule has 7 unspecified atom stereocenters.